The first-order valence-corrected chi connectivity index (χ1v) is 8.35. The number of aryl methyl sites for hydroxylation is 1. The van der Waals surface area contributed by atoms with Crippen molar-refractivity contribution < 1.29 is 0 Å². The molecule has 0 amide bonds. The summed E-state index contributed by atoms with van der Waals surface area (Å²) in [6, 6.07) is 0.819. The zero-order valence-corrected chi connectivity index (χ0v) is 13.2. The van der Waals surface area contributed by atoms with Crippen LogP contribution in [0.1, 0.15) is 57.7 Å². The number of nitrogens with one attached hydrogen (secondary N) is 1. The van der Waals surface area contributed by atoms with Crippen LogP contribution in [0.2, 0.25) is 0 Å². The molecular weight excluding hydrogens is 246 g/mol. The molecule has 0 aromatic carbocycles. The molecule has 1 aromatic rings. The van der Waals surface area contributed by atoms with Crippen LogP contribution >= 0.6 is 0 Å². The van der Waals surface area contributed by atoms with Crippen LogP contribution in [0, 0.1) is 17.8 Å². The van der Waals surface area contributed by atoms with Gasteiger partial charge < -0.3 is 9.88 Å². The minimum absolute atomic E-state index is 0.641. The maximum atomic E-state index is 4.66. The van der Waals surface area contributed by atoms with Gasteiger partial charge in [-0.25, -0.2) is 4.98 Å². The molecule has 0 radical (unpaired) electrons. The van der Waals surface area contributed by atoms with E-state index in [1.54, 1.807) is 0 Å². The molecule has 2 aliphatic carbocycles. The SMILES string of the molecule is CC(C)C1CCC(CNC2CC2)C(c2nccn2C)C1. The quantitative estimate of drug-likeness (QED) is 0.893. The smallest absolute Gasteiger partial charge is 0.111 e. The molecule has 2 aliphatic rings. The molecule has 112 valence electrons. The Kier molecular flexibility index (Phi) is 4.16. The summed E-state index contributed by atoms with van der Waals surface area (Å²) < 4.78 is 2.23. The highest BCUT2D eigenvalue weighted by Gasteiger charge is 2.35. The standard InChI is InChI=1S/C17H29N3/c1-12(2)13-4-5-14(11-19-15-6-7-15)16(10-13)17-18-8-9-20(17)3/h8-9,12-16,19H,4-7,10-11H2,1-3H3. The molecule has 20 heavy (non-hydrogen) atoms. The Morgan fingerprint density at radius 2 is 2.10 bits per heavy atom. The summed E-state index contributed by atoms with van der Waals surface area (Å²) in [5.74, 6) is 4.39. The van der Waals surface area contributed by atoms with Crippen molar-refractivity contribution >= 4 is 0 Å². The molecular formula is C17H29N3. The largest absolute Gasteiger partial charge is 0.338 e. The van der Waals surface area contributed by atoms with Crippen molar-refractivity contribution in [3.05, 3.63) is 18.2 Å². The normalized spacial score (nSPS) is 30.9. The molecule has 0 saturated heterocycles. The van der Waals surface area contributed by atoms with E-state index < -0.39 is 0 Å². The molecule has 1 N–H and O–H groups in total. The molecule has 0 aliphatic heterocycles. The minimum atomic E-state index is 0.641. The fourth-order valence-electron chi connectivity index (χ4n) is 3.77. The summed E-state index contributed by atoms with van der Waals surface area (Å²) in [5, 5.41) is 3.74. The van der Waals surface area contributed by atoms with Crippen LogP contribution in [0.25, 0.3) is 0 Å². The third-order valence-electron chi connectivity index (χ3n) is 5.41. The lowest BCUT2D eigenvalue weighted by molar-refractivity contribution is 0.183. The van der Waals surface area contributed by atoms with Gasteiger partial charge in [0.2, 0.25) is 0 Å². The molecule has 3 atom stereocenters. The fourth-order valence-corrected chi connectivity index (χ4v) is 3.77. The van der Waals surface area contributed by atoms with Crippen LogP contribution in [0.5, 0.6) is 0 Å². The van der Waals surface area contributed by atoms with Crippen LogP contribution < -0.4 is 5.32 Å². The van der Waals surface area contributed by atoms with Gasteiger partial charge in [-0.1, -0.05) is 13.8 Å². The van der Waals surface area contributed by atoms with Crippen molar-refractivity contribution in [2.24, 2.45) is 24.8 Å². The lowest BCUT2D eigenvalue weighted by Gasteiger charge is -2.37. The Morgan fingerprint density at radius 3 is 2.70 bits per heavy atom. The number of hydrogen-bond donors (Lipinski definition) is 1. The van der Waals surface area contributed by atoms with E-state index >= 15 is 0 Å². The average Bonchev–Trinajstić information content (AvgIpc) is 3.17. The Labute approximate surface area is 123 Å². The predicted molar refractivity (Wildman–Crippen MR) is 82.6 cm³/mol. The summed E-state index contributed by atoms with van der Waals surface area (Å²) >= 11 is 0. The first-order valence-electron chi connectivity index (χ1n) is 8.35. The van der Waals surface area contributed by atoms with Gasteiger partial charge in [-0.2, -0.15) is 0 Å². The van der Waals surface area contributed by atoms with Crippen LogP contribution in [-0.2, 0) is 7.05 Å². The van der Waals surface area contributed by atoms with E-state index in [1.165, 1.54) is 44.5 Å². The van der Waals surface area contributed by atoms with Gasteiger partial charge in [-0.05, 0) is 56.4 Å². The maximum Gasteiger partial charge on any atom is 0.111 e. The first kappa shape index (κ1) is 14.1. The third-order valence-corrected chi connectivity index (χ3v) is 5.41. The van der Waals surface area contributed by atoms with Crippen molar-refractivity contribution in [3.8, 4) is 0 Å². The first-order chi connectivity index (χ1) is 9.65. The highest BCUT2D eigenvalue weighted by Crippen LogP contribution is 2.42. The summed E-state index contributed by atoms with van der Waals surface area (Å²) in [5.41, 5.74) is 0. The summed E-state index contributed by atoms with van der Waals surface area (Å²) in [4.78, 5) is 4.66. The molecule has 2 fully saturated rings. The van der Waals surface area contributed by atoms with E-state index in [0.29, 0.717) is 5.92 Å². The van der Waals surface area contributed by atoms with Crippen molar-refractivity contribution in [2.45, 2.75) is 57.9 Å². The summed E-state index contributed by atoms with van der Waals surface area (Å²) in [6.45, 7) is 5.94. The second-order valence-electron chi connectivity index (χ2n) is 7.26. The fraction of sp³-hybridized carbons (Fsp3) is 0.824. The molecule has 3 rings (SSSR count). The van der Waals surface area contributed by atoms with Crippen LogP contribution in [0.15, 0.2) is 12.4 Å². The van der Waals surface area contributed by atoms with Gasteiger partial charge in [-0.15, -0.1) is 0 Å². The lowest BCUT2D eigenvalue weighted by Crippen LogP contribution is -2.35. The summed E-state index contributed by atoms with van der Waals surface area (Å²) in [6.07, 6.45) is 10.9. The van der Waals surface area contributed by atoms with E-state index in [9.17, 15) is 0 Å². The van der Waals surface area contributed by atoms with E-state index in [-0.39, 0.29) is 0 Å². The summed E-state index contributed by atoms with van der Waals surface area (Å²) in [7, 11) is 2.15. The topological polar surface area (TPSA) is 29.9 Å². The highest BCUT2D eigenvalue weighted by molar-refractivity contribution is 5.05. The van der Waals surface area contributed by atoms with Gasteiger partial charge in [0.15, 0.2) is 0 Å². The Hall–Kier alpha value is -0.830. The van der Waals surface area contributed by atoms with Crippen LogP contribution in [0.3, 0.4) is 0 Å². The van der Waals surface area contributed by atoms with Gasteiger partial charge >= 0.3 is 0 Å². The van der Waals surface area contributed by atoms with Crippen molar-refractivity contribution in [3.63, 3.8) is 0 Å². The second kappa shape index (κ2) is 5.88. The molecule has 3 unspecified atom stereocenters. The molecule has 3 nitrogen and oxygen atoms in total. The molecule has 1 aromatic heterocycles. The molecule has 0 bridgehead atoms. The number of hydrogen-bond acceptors (Lipinski definition) is 2. The van der Waals surface area contributed by atoms with Crippen LogP contribution in [-0.4, -0.2) is 22.1 Å². The van der Waals surface area contributed by atoms with E-state index in [0.717, 1.165) is 23.8 Å². The van der Waals surface area contributed by atoms with Gasteiger partial charge in [0.05, 0.1) is 0 Å². The Bertz CT molecular complexity index is 433. The minimum Gasteiger partial charge on any atom is -0.338 e. The number of imidazole rings is 1. The second-order valence-corrected chi connectivity index (χ2v) is 7.26. The van der Waals surface area contributed by atoms with Gasteiger partial charge in [0, 0.05) is 31.4 Å². The van der Waals surface area contributed by atoms with E-state index in [1.807, 2.05) is 6.20 Å². The number of rotatable bonds is 5. The van der Waals surface area contributed by atoms with E-state index in [4.69, 9.17) is 0 Å². The molecule has 0 spiro atoms. The Balaban J connectivity index is 1.72. The van der Waals surface area contributed by atoms with Gasteiger partial charge in [-0.3, -0.25) is 0 Å². The molecule has 2 saturated carbocycles. The van der Waals surface area contributed by atoms with E-state index in [2.05, 4.69) is 42.0 Å². The molecule has 1 heterocycles. The maximum absolute atomic E-state index is 4.66. The van der Waals surface area contributed by atoms with Crippen molar-refractivity contribution in [1.29, 1.82) is 0 Å². The van der Waals surface area contributed by atoms with Gasteiger partial charge in [0.1, 0.15) is 5.82 Å². The predicted octanol–water partition coefficient (Wildman–Crippen LogP) is 3.33. The Morgan fingerprint density at radius 1 is 1.30 bits per heavy atom. The number of nitrogens with zero attached hydrogens (tertiary/aromatic N) is 2. The lowest BCUT2D eigenvalue weighted by atomic mass is 9.70. The third kappa shape index (κ3) is 3.08. The monoisotopic (exact) mass is 275 g/mol. The number of aromatic nitrogens is 2. The average molecular weight is 275 g/mol. The molecule has 3 heteroatoms. The zero-order valence-electron chi connectivity index (χ0n) is 13.2. The van der Waals surface area contributed by atoms with Gasteiger partial charge in [0.25, 0.3) is 0 Å². The van der Waals surface area contributed by atoms with Crippen molar-refractivity contribution in [1.82, 2.24) is 14.9 Å². The van der Waals surface area contributed by atoms with Crippen molar-refractivity contribution in [2.75, 3.05) is 6.54 Å². The zero-order chi connectivity index (χ0) is 14.1. The van der Waals surface area contributed by atoms with Crippen LogP contribution in [0.4, 0.5) is 0 Å². The highest BCUT2D eigenvalue weighted by atomic mass is 15.0.